The second kappa shape index (κ2) is 3.96. The normalized spacial score (nSPS) is 33.6. The fourth-order valence-electron chi connectivity index (χ4n) is 2.83. The second-order valence-electron chi connectivity index (χ2n) is 4.43. The Morgan fingerprint density at radius 1 is 1.47 bits per heavy atom. The third kappa shape index (κ3) is 1.85. The van der Waals surface area contributed by atoms with Gasteiger partial charge in [-0.05, 0) is 69.4 Å². The topological polar surface area (TPSA) is 24.9 Å². The number of aromatic nitrogens is 1. The summed E-state index contributed by atoms with van der Waals surface area (Å²) in [6, 6.07) is 3.70. The van der Waals surface area contributed by atoms with Gasteiger partial charge in [-0.1, -0.05) is 0 Å². The summed E-state index contributed by atoms with van der Waals surface area (Å²) in [5.41, 5.74) is 1.39. The van der Waals surface area contributed by atoms with Gasteiger partial charge in [0.1, 0.15) is 3.70 Å². The van der Waals surface area contributed by atoms with E-state index in [4.69, 9.17) is 0 Å². The molecule has 4 heteroatoms. The highest BCUT2D eigenvalue weighted by Gasteiger charge is 2.39. The number of nitrogens with zero attached hydrogens (tertiary/aromatic N) is 1. The lowest BCUT2D eigenvalue weighted by Gasteiger charge is -2.20. The van der Waals surface area contributed by atoms with Crippen molar-refractivity contribution >= 4 is 38.5 Å². The summed E-state index contributed by atoms with van der Waals surface area (Å²) in [7, 11) is 0. The number of halogens is 2. The SMILES string of the molecule is Brc1cc([C@H]2C[C@@H]3CC[C@H]2N3)cnc1I. The Morgan fingerprint density at radius 2 is 2.33 bits per heavy atom. The minimum Gasteiger partial charge on any atom is -0.311 e. The maximum Gasteiger partial charge on any atom is 0.115 e. The Labute approximate surface area is 112 Å². The highest BCUT2D eigenvalue weighted by molar-refractivity contribution is 14.1. The molecule has 3 heterocycles. The molecular weight excluding hydrogens is 367 g/mol. The largest absolute Gasteiger partial charge is 0.311 e. The van der Waals surface area contributed by atoms with Crippen LogP contribution in [0.5, 0.6) is 0 Å². The molecule has 0 aliphatic carbocycles. The van der Waals surface area contributed by atoms with Gasteiger partial charge in [0.25, 0.3) is 0 Å². The molecular formula is C11H12BrIN2. The number of hydrogen-bond acceptors (Lipinski definition) is 2. The maximum atomic E-state index is 4.42. The smallest absolute Gasteiger partial charge is 0.115 e. The number of fused-ring (bicyclic) bond motifs is 2. The van der Waals surface area contributed by atoms with Crippen LogP contribution in [0.3, 0.4) is 0 Å². The van der Waals surface area contributed by atoms with E-state index in [1.54, 1.807) is 0 Å². The molecule has 0 amide bonds. The van der Waals surface area contributed by atoms with Crippen molar-refractivity contribution in [3.63, 3.8) is 0 Å². The Morgan fingerprint density at radius 3 is 2.93 bits per heavy atom. The lowest BCUT2D eigenvalue weighted by atomic mass is 9.85. The highest BCUT2D eigenvalue weighted by Crippen LogP contribution is 2.40. The zero-order chi connectivity index (χ0) is 10.4. The minimum atomic E-state index is 0.685. The molecule has 2 aliphatic rings. The molecule has 1 aromatic rings. The maximum absolute atomic E-state index is 4.42. The molecule has 0 unspecified atom stereocenters. The Kier molecular flexibility index (Phi) is 2.77. The van der Waals surface area contributed by atoms with Crippen molar-refractivity contribution in [1.29, 1.82) is 0 Å². The monoisotopic (exact) mass is 378 g/mol. The molecule has 3 atom stereocenters. The van der Waals surface area contributed by atoms with E-state index in [-0.39, 0.29) is 0 Å². The Bertz CT molecular complexity index is 396. The predicted molar refractivity (Wildman–Crippen MR) is 72.0 cm³/mol. The average Bonchev–Trinajstić information content (AvgIpc) is 2.83. The molecule has 2 nitrogen and oxygen atoms in total. The van der Waals surface area contributed by atoms with E-state index in [0.717, 1.165) is 14.2 Å². The number of pyridine rings is 1. The summed E-state index contributed by atoms with van der Waals surface area (Å²) in [6.45, 7) is 0. The summed E-state index contributed by atoms with van der Waals surface area (Å²) in [5, 5.41) is 3.67. The van der Waals surface area contributed by atoms with Gasteiger partial charge in [0.05, 0.1) is 0 Å². The van der Waals surface area contributed by atoms with Crippen LogP contribution in [0.4, 0.5) is 0 Å². The van der Waals surface area contributed by atoms with Crippen LogP contribution < -0.4 is 5.32 Å². The molecule has 2 fully saturated rings. The Hall–Kier alpha value is 0.320. The third-order valence-electron chi connectivity index (χ3n) is 3.55. The van der Waals surface area contributed by atoms with Gasteiger partial charge in [0.2, 0.25) is 0 Å². The lowest BCUT2D eigenvalue weighted by molar-refractivity contribution is 0.505. The van der Waals surface area contributed by atoms with Crippen LogP contribution in [0.1, 0.15) is 30.7 Å². The quantitative estimate of drug-likeness (QED) is 0.600. The van der Waals surface area contributed by atoms with Gasteiger partial charge in [0.15, 0.2) is 0 Å². The van der Waals surface area contributed by atoms with Gasteiger partial charge >= 0.3 is 0 Å². The number of rotatable bonds is 1. The van der Waals surface area contributed by atoms with Crippen molar-refractivity contribution in [2.24, 2.45) is 0 Å². The van der Waals surface area contributed by atoms with Crippen molar-refractivity contribution in [3.8, 4) is 0 Å². The fraction of sp³-hybridized carbons (Fsp3) is 0.545. The van der Waals surface area contributed by atoms with Crippen molar-refractivity contribution in [2.75, 3.05) is 0 Å². The minimum absolute atomic E-state index is 0.685. The Balaban J connectivity index is 1.90. The van der Waals surface area contributed by atoms with Crippen LogP contribution in [0, 0.1) is 3.70 Å². The van der Waals surface area contributed by atoms with Gasteiger partial charge in [-0.3, -0.25) is 0 Å². The van der Waals surface area contributed by atoms with Crippen molar-refractivity contribution in [1.82, 2.24) is 10.3 Å². The van der Waals surface area contributed by atoms with E-state index in [1.807, 2.05) is 6.20 Å². The lowest BCUT2D eigenvalue weighted by Crippen LogP contribution is -2.21. The van der Waals surface area contributed by atoms with Crippen LogP contribution in [-0.4, -0.2) is 17.1 Å². The van der Waals surface area contributed by atoms with E-state index in [1.165, 1.54) is 24.8 Å². The van der Waals surface area contributed by atoms with Crippen molar-refractivity contribution < 1.29 is 0 Å². The summed E-state index contributed by atoms with van der Waals surface area (Å²) in [6.07, 6.45) is 6.03. The van der Waals surface area contributed by atoms with Gasteiger partial charge in [0, 0.05) is 28.7 Å². The van der Waals surface area contributed by atoms with Crippen LogP contribution in [0.25, 0.3) is 0 Å². The first-order valence-corrected chi connectivity index (χ1v) is 7.18. The van der Waals surface area contributed by atoms with Crippen LogP contribution in [0.15, 0.2) is 16.7 Å². The van der Waals surface area contributed by atoms with Crippen LogP contribution in [-0.2, 0) is 0 Å². The van der Waals surface area contributed by atoms with Crippen LogP contribution >= 0.6 is 38.5 Å². The molecule has 15 heavy (non-hydrogen) atoms. The van der Waals surface area contributed by atoms with Gasteiger partial charge in [-0.15, -0.1) is 0 Å². The van der Waals surface area contributed by atoms with E-state index in [0.29, 0.717) is 12.0 Å². The first kappa shape index (κ1) is 10.5. The second-order valence-corrected chi connectivity index (χ2v) is 6.31. The molecule has 0 aromatic carbocycles. The van der Waals surface area contributed by atoms with E-state index >= 15 is 0 Å². The zero-order valence-corrected chi connectivity index (χ0v) is 12.0. The summed E-state index contributed by atoms with van der Waals surface area (Å²) < 4.78 is 2.18. The first-order chi connectivity index (χ1) is 7.24. The molecule has 0 spiro atoms. The highest BCUT2D eigenvalue weighted by atomic mass is 127. The average molecular weight is 379 g/mol. The van der Waals surface area contributed by atoms with E-state index < -0.39 is 0 Å². The van der Waals surface area contributed by atoms with E-state index in [2.05, 4.69) is 54.9 Å². The number of hydrogen-bond donors (Lipinski definition) is 1. The van der Waals surface area contributed by atoms with E-state index in [9.17, 15) is 0 Å². The summed E-state index contributed by atoms with van der Waals surface area (Å²) >= 11 is 5.81. The zero-order valence-electron chi connectivity index (χ0n) is 8.21. The molecule has 80 valence electrons. The van der Waals surface area contributed by atoms with Gasteiger partial charge < -0.3 is 5.32 Å². The standard InChI is InChI=1S/C11H12BrIN2/c12-9-3-6(5-14-11(9)13)8-4-7-1-2-10(8)15-7/h3,5,7-8,10,15H,1-2,4H2/t7-,8+,10+/m0/s1. The van der Waals surface area contributed by atoms with Crippen molar-refractivity contribution in [2.45, 2.75) is 37.3 Å². The third-order valence-corrected chi connectivity index (χ3v) is 5.75. The molecule has 2 bridgehead atoms. The van der Waals surface area contributed by atoms with Crippen LogP contribution in [0.2, 0.25) is 0 Å². The predicted octanol–water partition coefficient (Wildman–Crippen LogP) is 3.06. The fourth-order valence-corrected chi connectivity index (χ4v) is 3.49. The molecule has 1 aromatic heterocycles. The molecule has 2 aliphatic heterocycles. The molecule has 1 N–H and O–H groups in total. The molecule has 0 saturated carbocycles. The first-order valence-electron chi connectivity index (χ1n) is 5.31. The van der Waals surface area contributed by atoms with Crippen molar-refractivity contribution in [3.05, 3.63) is 26.0 Å². The van der Waals surface area contributed by atoms with Gasteiger partial charge in [-0.2, -0.15) is 0 Å². The van der Waals surface area contributed by atoms with Gasteiger partial charge in [-0.25, -0.2) is 4.98 Å². The molecule has 3 rings (SSSR count). The molecule has 2 saturated heterocycles. The summed E-state index contributed by atoms with van der Waals surface area (Å²) in [5.74, 6) is 0.685. The number of nitrogens with one attached hydrogen (secondary N) is 1. The summed E-state index contributed by atoms with van der Waals surface area (Å²) in [4.78, 5) is 4.42. The molecule has 0 radical (unpaired) electrons.